The highest BCUT2D eigenvalue weighted by Crippen LogP contribution is 2.41. The predicted molar refractivity (Wildman–Crippen MR) is 163 cm³/mol. The first kappa shape index (κ1) is 27.6. The smallest absolute Gasteiger partial charge is 0.258 e. The highest BCUT2D eigenvalue weighted by molar-refractivity contribution is 7.92. The van der Waals surface area contributed by atoms with E-state index in [9.17, 15) is 18.3 Å². The quantitative estimate of drug-likeness (QED) is 0.415. The van der Waals surface area contributed by atoms with Gasteiger partial charge in [-0.25, -0.2) is 8.42 Å². The van der Waals surface area contributed by atoms with Crippen LogP contribution in [-0.2, 0) is 26.6 Å². The van der Waals surface area contributed by atoms with Crippen LogP contribution in [0.4, 0.5) is 17.1 Å². The van der Waals surface area contributed by atoms with E-state index >= 15 is 0 Å². The Morgan fingerprint density at radius 1 is 0.951 bits per heavy atom. The Morgan fingerprint density at radius 2 is 1.66 bits per heavy atom. The lowest BCUT2D eigenvalue weighted by Crippen LogP contribution is -2.37. The number of ether oxygens (including phenoxy) is 1. The summed E-state index contributed by atoms with van der Waals surface area (Å²) in [6, 6.07) is 17.4. The Bertz CT molecular complexity index is 1620. The number of nitrogens with zero attached hydrogens (tertiary/aromatic N) is 2. The Hall–Kier alpha value is -3.56. The van der Waals surface area contributed by atoms with Gasteiger partial charge in [-0.3, -0.25) is 9.52 Å². The molecule has 2 atom stereocenters. The van der Waals surface area contributed by atoms with Crippen molar-refractivity contribution in [3.8, 4) is 16.9 Å². The molecule has 2 N–H and O–H groups in total. The van der Waals surface area contributed by atoms with Gasteiger partial charge < -0.3 is 19.6 Å². The molecule has 0 aromatic heterocycles. The van der Waals surface area contributed by atoms with Crippen molar-refractivity contribution in [2.24, 2.45) is 11.8 Å². The van der Waals surface area contributed by atoms with Crippen LogP contribution in [0.15, 0.2) is 54.6 Å². The third kappa shape index (κ3) is 5.40. The van der Waals surface area contributed by atoms with Gasteiger partial charge in [0, 0.05) is 54.0 Å². The maximum atomic E-state index is 13.6. The van der Waals surface area contributed by atoms with Gasteiger partial charge in [-0.15, -0.1) is 0 Å². The minimum Gasteiger partial charge on any atom is -0.506 e. The number of nitrogens with one attached hydrogen (secondary N) is 1. The Balaban J connectivity index is 1.32. The van der Waals surface area contributed by atoms with E-state index in [4.69, 9.17) is 4.74 Å². The van der Waals surface area contributed by atoms with Crippen molar-refractivity contribution in [1.29, 1.82) is 0 Å². The second-order valence-corrected chi connectivity index (χ2v) is 14.3. The first-order valence-electron chi connectivity index (χ1n) is 14.1. The van der Waals surface area contributed by atoms with Gasteiger partial charge >= 0.3 is 0 Å². The van der Waals surface area contributed by atoms with E-state index in [1.165, 1.54) is 28.9 Å². The topological polar surface area (TPSA) is 99.2 Å². The maximum absolute atomic E-state index is 13.6. The lowest BCUT2D eigenvalue weighted by Gasteiger charge is -2.30. The zero-order valence-corrected chi connectivity index (χ0v) is 24.8. The van der Waals surface area contributed by atoms with Gasteiger partial charge in [0.05, 0.1) is 25.2 Å². The van der Waals surface area contributed by atoms with E-state index in [1.807, 2.05) is 12.1 Å². The van der Waals surface area contributed by atoms with Crippen LogP contribution in [0.5, 0.6) is 5.75 Å². The van der Waals surface area contributed by atoms with Gasteiger partial charge in [0.15, 0.2) is 0 Å². The number of carbonyl (C=O) groups excluding carboxylic acids is 1. The van der Waals surface area contributed by atoms with Gasteiger partial charge in [0.25, 0.3) is 5.91 Å². The number of carbonyl (C=O) groups is 1. The van der Waals surface area contributed by atoms with Crippen LogP contribution in [0.1, 0.15) is 42.3 Å². The molecule has 9 heteroatoms. The largest absolute Gasteiger partial charge is 0.506 e. The molecule has 2 fully saturated rings. The molecule has 0 aliphatic carbocycles. The summed E-state index contributed by atoms with van der Waals surface area (Å²) in [5, 5.41) is 10.1. The molecule has 0 unspecified atom stereocenters. The molecular weight excluding hydrogens is 538 g/mol. The molecule has 3 aromatic carbocycles. The summed E-state index contributed by atoms with van der Waals surface area (Å²) >= 11 is 0. The van der Waals surface area contributed by atoms with E-state index in [-0.39, 0.29) is 22.8 Å². The average molecular weight is 576 g/mol. The molecular formula is C32H37N3O5S. The van der Waals surface area contributed by atoms with Crippen LogP contribution >= 0.6 is 0 Å². The van der Waals surface area contributed by atoms with Crippen molar-refractivity contribution in [1.82, 2.24) is 0 Å². The summed E-state index contributed by atoms with van der Waals surface area (Å²) in [6.45, 7) is 10.8. The number of aromatic hydroxyl groups is 1. The summed E-state index contributed by atoms with van der Waals surface area (Å²) in [5.41, 5.74) is 7.03. The maximum Gasteiger partial charge on any atom is 0.258 e. The molecule has 3 aromatic rings. The summed E-state index contributed by atoms with van der Waals surface area (Å²) in [7, 11) is -3.59. The zero-order chi connectivity index (χ0) is 29.1. The van der Waals surface area contributed by atoms with E-state index in [0.717, 1.165) is 43.7 Å². The Morgan fingerprint density at radius 3 is 2.34 bits per heavy atom. The molecule has 3 aliphatic heterocycles. The summed E-state index contributed by atoms with van der Waals surface area (Å²) in [5.74, 6) is 0.795. The molecule has 0 saturated carbocycles. The van der Waals surface area contributed by atoms with Crippen molar-refractivity contribution in [2.75, 3.05) is 53.6 Å². The number of rotatable bonds is 5. The molecule has 1 amide bonds. The molecule has 0 bridgehead atoms. The van der Waals surface area contributed by atoms with Gasteiger partial charge in [-0.05, 0) is 58.9 Å². The fraction of sp³-hybridized carbons (Fsp3) is 0.406. The average Bonchev–Trinajstić information content (AvgIpc) is 3.51. The molecule has 0 radical (unpaired) electrons. The summed E-state index contributed by atoms with van der Waals surface area (Å²) in [4.78, 5) is 17.7. The lowest BCUT2D eigenvalue weighted by atomic mass is 9.85. The van der Waals surface area contributed by atoms with Gasteiger partial charge in [0.1, 0.15) is 5.75 Å². The SMILES string of the molecule is CC(C)(C)c1ccc(-c2ccc3c(c2)CCN(c2ccc(O)c(NS(C)(=O)=O)c2)C3=O)c(N2C[C@H]3COC[C@@H]3C2)c1. The number of hydrogen-bond acceptors (Lipinski definition) is 6. The predicted octanol–water partition coefficient (Wildman–Crippen LogP) is 5.01. The Labute approximate surface area is 242 Å². The third-order valence-electron chi connectivity index (χ3n) is 8.53. The number of benzene rings is 3. The first-order chi connectivity index (χ1) is 19.4. The minimum absolute atomic E-state index is 0.0304. The molecule has 3 heterocycles. The molecule has 0 spiro atoms. The fourth-order valence-electron chi connectivity index (χ4n) is 6.26. The number of anilines is 3. The normalized spacial score (nSPS) is 20.7. The van der Waals surface area contributed by atoms with Crippen LogP contribution in [0.25, 0.3) is 11.1 Å². The first-order valence-corrected chi connectivity index (χ1v) is 16.0. The second-order valence-electron chi connectivity index (χ2n) is 12.6. The number of phenolic OH excluding ortho intramolecular Hbond substituents is 1. The number of sulfonamides is 1. The summed E-state index contributed by atoms with van der Waals surface area (Å²) in [6.07, 6.45) is 1.68. The third-order valence-corrected chi connectivity index (χ3v) is 9.12. The fourth-order valence-corrected chi connectivity index (χ4v) is 6.83. The zero-order valence-electron chi connectivity index (χ0n) is 24.0. The highest BCUT2D eigenvalue weighted by Gasteiger charge is 2.38. The van der Waals surface area contributed by atoms with Crippen molar-refractivity contribution in [2.45, 2.75) is 32.6 Å². The van der Waals surface area contributed by atoms with Crippen molar-refractivity contribution >= 4 is 33.0 Å². The molecule has 6 rings (SSSR count). The van der Waals surface area contributed by atoms with Gasteiger partial charge in [-0.1, -0.05) is 45.0 Å². The molecule has 8 nitrogen and oxygen atoms in total. The van der Waals surface area contributed by atoms with E-state index in [2.05, 4.69) is 54.7 Å². The molecule has 3 aliphatic rings. The number of phenols is 1. The van der Waals surface area contributed by atoms with E-state index in [1.54, 1.807) is 11.0 Å². The lowest BCUT2D eigenvalue weighted by molar-refractivity contribution is 0.0980. The van der Waals surface area contributed by atoms with Crippen molar-refractivity contribution < 1.29 is 23.1 Å². The molecule has 41 heavy (non-hydrogen) atoms. The number of hydrogen-bond donors (Lipinski definition) is 2. The standard InChI is InChI=1S/C32H37N3O5S/c1-32(2,3)24-6-9-26(29(14-24)34-16-22-18-40-19-23(22)17-34)20-5-8-27-21(13-20)11-12-35(31(27)37)25-7-10-30(36)28(15-25)33-41(4,38)39/h5-10,13-15,22-23,33,36H,11-12,16-19H2,1-4H3/t22-,23-/m0/s1. The van der Waals surface area contributed by atoms with Gasteiger partial charge in [0.2, 0.25) is 10.0 Å². The van der Waals surface area contributed by atoms with Crippen molar-refractivity contribution in [3.63, 3.8) is 0 Å². The van der Waals surface area contributed by atoms with Crippen LogP contribution in [-0.4, -0.2) is 58.5 Å². The van der Waals surface area contributed by atoms with Crippen LogP contribution in [0.3, 0.4) is 0 Å². The Kier molecular flexibility index (Phi) is 6.77. The number of amides is 1. The highest BCUT2D eigenvalue weighted by atomic mass is 32.2. The van der Waals surface area contributed by atoms with Gasteiger partial charge in [-0.2, -0.15) is 0 Å². The van der Waals surface area contributed by atoms with Crippen LogP contribution < -0.4 is 14.5 Å². The van der Waals surface area contributed by atoms with E-state index in [0.29, 0.717) is 36.1 Å². The molecule has 216 valence electrons. The van der Waals surface area contributed by atoms with E-state index < -0.39 is 10.0 Å². The van der Waals surface area contributed by atoms with Crippen molar-refractivity contribution in [3.05, 3.63) is 71.3 Å². The van der Waals surface area contributed by atoms with Crippen LogP contribution in [0.2, 0.25) is 0 Å². The second kappa shape index (κ2) is 10.1. The minimum atomic E-state index is -3.59. The number of fused-ring (bicyclic) bond motifs is 2. The molecule has 2 saturated heterocycles. The summed E-state index contributed by atoms with van der Waals surface area (Å²) < 4.78 is 31.5. The monoisotopic (exact) mass is 575 g/mol. The van der Waals surface area contributed by atoms with Crippen LogP contribution in [0, 0.1) is 11.8 Å².